The molecule has 0 spiro atoms. The molecule has 0 aromatic carbocycles. The van der Waals surface area contributed by atoms with E-state index in [4.69, 9.17) is 4.74 Å². The van der Waals surface area contributed by atoms with Crippen LogP contribution in [0.15, 0.2) is 0 Å². The first kappa shape index (κ1) is 9.79. The van der Waals surface area contributed by atoms with Crippen LogP contribution in [0, 0.1) is 5.41 Å². The van der Waals surface area contributed by atoms with E-state index < -0.39 is 11.5 Å². The standard InChI is InChI=1S/C7H12N2O4/c1-7(3-13-4-7)5(10)8-9-6(11)12-2/h3-4H2,1-2H3,(H,8,10)(H,9,11). The summed E-state index contributed by atoms with van der Waals surface area (Å²) in [6.07, 6.45) is -0.697. The van der Waals surface area contributed by atoms with Gasteiger partial charge in [-0.1, -0.05) is 0 Å². The van der Waals surface area contributed by atoms with Crippen LogP contribution in [0.1, 0.15) is 6.92 Å². The summed E-state index contributed by atoms with van der Waals surface area (Å²) < 4.78 is 9.16. The van der Waals surface area contributed by atoms with Crippen LogP contribution in [0.2, 0.25) is 0 Å². The lowest BCUT2D eigenvalue weighted by atomic mass is 9.88. The van der Waals surface area contributed by atoms with Crippen LogP contribution in [-0.4, -0.2) is 32.3 Å². The maximum atomic E-state index is 11.3. The lowest BCUT2D eigenvalue weighted by molar-refractivity contribution is -0.158. The van der Waals surface area contributed by atoms with Crippen LogP contribution in [0.25, 0.3) is 0 Å². The second-order valence-electron chi connectivity index (χ2n) is 3.12. The number of methoxy groups -OCH3 is 1. The monoisotopic (exact) mass is 188 g/mol. The van der Waals surface area contributed by atoms with Gasteiger partial charge >= 0.3 is 6.09 Å². The molecule has 6 nitrogen and oxygen atoms in total. The molecular formula is C7H12N2O4. The maximum Gasteiger partial charge on any atom is 0.425 e. The third-order valence-corrected chi connectivity index (χ3v) is 1.85. The molecule has 0 bridgehead atoms. The second kappa shape index (κ2) is 3.61. The van der Waals surface area contributed by atoms with Crippen molar-refractivity contribution in [3.8, 4) is 0 Å². The van der Waals surface area contributed by atoms with Crippen LogP contribution in [0.3, 0.4) is 0 Å². The summed E-state index contributed by atoms with van der Waals surface area (Å²) in [5.41, 5.74) is 3.80. The third-order valence-electron chi connectivity index (χ3n) is 1.85. The molecule has 1 saturated heterocycles. The summed E-state index contributed by atoms with van der Waals surface area (Å²) in [5.74, 6) is -0.274. The molecule has 0 unspecified atom stereocenters. The lowest BCUT2D eigenvalue weighted by Crippen LogP contribution is -2.56. The first-order valence-corrected chi connectivity index (χ1v) is 3.81. The minimum Gasteiger partial charge on any atom is -0.452 e. The van der Waals surface area contributed by atoms with E-state index in [0.29, 0.717) is 13.2 Å². The quantitative estimate of drug-likeness (QED) is 0.539. The molecule has 1 aliphatic heterocycles. The minimum atomic E-state index is -0.697. The minimum absolute atomic E-state index is 0.274. The smallest absolute Gasteiger partial charge is 0.425 e. The van der Waals surface area contributed by atoms with E-state index in [1.54, 1.807) is 6.92 Å². The number of ether oxygens (including phenoxy) is 2. The van der Waals surface area contributed by atoms with Crippen molar-refractivity contribution in [1.29, 1.82) is 0 Å². The average molecular weight is 188 g/mol. The Morgan fingerprint density at radius 2 is 2.00 bits per heavy atom. The number of hydrazine groups is 1. The van der Waals surface area contributed by atoms with Crippen molar-refractivity contribution >= 4 is 12.0 Å². The highest BCUT2D eigenvalue weighted by molar-refractivity contribution is 5.84. The van der Waals surface area contributed by atoms with Gasteiger partial charge in [-0.25, -0.2) is 10.2 Å². The average Bonchev–Trinajstić information content (AvgIpc) is 2.09. The summed E-state index contributed by atoms with van der Waals surface area (Å²) in [6.45, 7) is 2.51. The topological polar surface area (TPSA) is 76.7 Å². The molecule has 1 heterocycles. The predicted molar refractivity (Wildman–Crippen MR) is 42.6 cm³/mol. The van der Waals surface area contributed by atoms with Crippen molar-refractivity contribution in [2.45, 2.75) is 6.92 Å². The van der Waals surface area contributed by atoms with Gasteiger partial charge in [0.25, 0.3) is 0 Å². The molecule has 0 aromatic heterocycles. The molecule has 1 fully saturated rings. The Labute approximate surface area is 75.5 Å². The summed E-state index contributed by atoms with van der Waals surface area (Å²) in [4.78, 5) is 21.9. The molecule has 2 N–H and O–H groups in total. The van der Waals surface area contributed by atoms with Crippen molar-refractivity contribution in [1.82, 2.24) is 10.9 Å². The van der Waals surface area contributed by atoms with Crippen LogP contribution in [0.5, 0.6) is 0 Å². The van der Waals surface area contributed by atoms with E-state index in [1.165, 1.54) is 7.11 Å². The van der Waals surface area contributed by atoms with Gasteiger partial charge in [0.1, 0.15) is 0 Å². The number of hydrogen-bond acceptors (Lipinski definition) is 4. The number of nitrogens with one attached hydrogen (secondary N) is 2. The highest BCUT2D eigenvalue weighted by Crippen LogP contribution is 2.25. The zero-order valence-electron chi connectivity index (χ0n) is 7.55. The first-order chi connectivity index (χ1) is 6.08. The van der Waals surface area contributed by atoms with Crippen molar-refractivity contribution in [2.24, 2.45) is 5.41 Å². The zero-order chi connectivity index (χ0) is 9.90. The fourth-order valence-corrected chi connectivity index (χ4v) is 0.849. The number of amides is 2. The molecule has 0 atom stereocenters. The zero-order valence-corrected chi connectivity index (χ0v) is 7.55. The van der Waals surface area contributed by atoms with Gasteiger partial charge in [-0.15, -0.1) is 0 Å². The van der Waals surface area contributed by atoms with E-state index in [1.807, 2.05) is 0 Å². The van der Waals surface area contributed by atoms with Crippen molar-refractivity contribution in [3.63, 3.8) is 0 Å². The molecular weight excluding hydrogens is 176 g/mol. The Kier molecular flexibility index (Phi) is 2.72. The number of carbonyl (C=O) groups is 2. The third kappa shape index (κ3) is 2.09. The van der Waals surface area contributed by atoms with E-state index in [9.17, 15) is 9.59 Å². The van der Waals surface area contributed by atoms with Crippen molar-refractivity contribution in [2.75, 3.05) is 20.3 Å². The summed E-state index contributed by atoms with van der Waals surface area (Å²) in [5, 5.41) is 0. The van der Waals surface area contributed by atoms with E-state index in [-0.39, 0.29) is 5.91 Å². The Morgan fingerprint density at radius 3 is 2.38 bits per heavy atom. The van der Waals surface area contributed by atoms with Gasteiger partial charge in [0.15, 0.2) is 0 Å². The van der Waals surface area contributed by atoms with E-state index in [2.05, 4.69) is 15.6 Å². The normalized spacial score (nSPS) is 18.3. The molecule has 13 heavy (non-hydrogen) atoms. The Hall–Kier alpha value is -1.30. The van der Waals surface area contributed by atoms with Crippen LogP contribution < -0.4 is 10.9 Å². The van der Waals surface area contributed by atoms with E-state index >= 15 is 0 Å². The largest absolute Gasteiger partial charge is 0.452 e. The van der Waals surface area contributed by atoms with Gasteiger partial charge in [-0.2, -0.15) is 0 Å². The number of hydrogen-bond donors (Lipinski definition) is 2. The highest BCUT2D eigenvalue weighted by atomic mass is 16.5. The molecule has 0 saturated carbocycles. The van der Waals surface area contributed by atoms with Gasteiger partial charge < -0.3 is 9.47 Å². The van der Waals surface area contributed by atoms with Crippen molar-refractivity contribution in [3.05, 3.63) is 0 Å². The van der Waals surface area contributed by atoms with E-state index in [0.717, 1.165) is 0 Å². The Balaban J connectivity index is 2.29. The molecule has 2 amide bonds. The fourth-order valence-electron chi connectivity index (χ4n) is 0.849. The van der Waals surface area contributed by atoms with Gasteiger partial charge in [-0.3, -0.25) is 10.2 Å². The predicted octanol–water partition coefficient (Wildman–Crippen LogP) is -0.590. The lowest BCUT2D eigenvalue weighted by Gasteiger charge is -2.35. The molecule has 1 aliphatic rings. The van der Waals surface area contributed by atoms with Gasteiger partial charge in [0.05, 0.1) is 25.7 Å². The summed E-state index contributed by atoms with van der Waals surface area (Å²) >= 11 is 0. The maximum absolute atomic E-state index is 11.3. The molecule has 74 valence electrons. The number of carbonyl (C=O) groups excluding carboxylic acids is 2. The molecule has 0 aromatic rings. The fraction of sp³-hybridized carbons (Fsp3) is 0.714. The second-order valence-corrected chi connectivity index (χ2v) is 3.12. The van der Waals surface area contributed by atoms with Gasteiger partial charge in [-0.05, 0) is 6.92 Å². The van der Waals surface area contributed by atoms with Crippen molar-refractivity contribution < 1.29 is 19.1 Å². The Morgan fingerprint density at radius 1 is 1.38 bits per heavy atom. The Bertz CT molecular complexity index is 225. The number of rotatable bonds is 1. The molecule has 1 rings (SSSR count). The summed E-state index contributed by atoms with van der Waals surface area (Å²) in [7, 11) is 1.22. The van der Waals surface area contributed by atoms with Gasteiger partial charge in [0, 0.05) is 0 Å². The van der Waals surface area contributed by atoms with Crippen LogP contribution >= 0.6 is 0 Å². The SMILES string of the molecule is COC(=O)NNC(=O)C1(C)COC1. The molecule has 0 aliphatic carbocycles. The van der Waals surface area contributed by atoms with Gasteiger partial charge in [0.2, 0.25) is 5.91 Å². The summed E-state index contributed by atoms with van der Waals surface area (Å²) in [6, 6.07) is 0. The van der Waals surface area contributed by atoms with Crippen LogP contribution in [-0.2, 0) is 14.3 Å². The molecule has 6 heteroatoms. The highest BCUT2D eigenvalue weighted by Gasteiger charge is 2.41. The molecule has 0 radical (unpaired) electrons. The van der Waals surface area contributed by atoms with Crippen LogP contribution in [0.4, 0.5) is 4.79 Å². The first-order valence-electron chi connectivity index (χ1n) is 3.81.